The number of rotatable bonds is 8. The third-order valence-corrected chi connectivity index (χ3v) is 4.39. The van der Waals surface area contributed by atoms with Crippen molar-refractivity contribution >= 4 is 21.4 Å². The summed E-state index contributed by atoms with van der Waals surface area (Å²) in [5, 5.41) is 4.09. The lowest BCUT2D eigenvalue weighted by atomic mass is 10.1. The van der Waals surface area contributed by atoms with Crippen LogP contribution in [0.5, 0.6) is 0 Å². The van der Waals surface area contributed by atoms with Gasteiger partial charge in [0.2, 0.25) is 0 Å². The van der Waals surface area contributed by atoms with Gasteiger partial charge in [-0.15, -0.1) is 11.3 Å². The minimum absolute atomic E-state index is 0.176. The summed E-state index contributed by atoms with van der Waals surface area (Å²) in [6, 6.07) is 5.61. The van der Waals surface area contributed by atoms with Crippen molar-refractivity contribution in [3.05, 3.63) is 34.5 Å². The Hall–Kier alpha value is -1.01. The molecule has 5 heteroatoms. The minimum atomic E-state index is -0.176. The van der Waals surface area contributed by atoms with Crippen molar-refractivity contribution in [2.24, 2.45) is 0 Å². The van der Waals surface area contributed by atoms with E-state index in [2.05, 4.69) is 19.2 Å². The number of nitrogens with one attached hydrogen (secondary N) is 1. The molecule has 1 heterocycles. The Morgan fingerprint density at radius 1 is 1.29 bits per heavy atom. The van der Waals surface area contributed by atoms with E-state index in [0.717, 1.165) is 21.7 Å². The lowest BCUT2D eigenvalue weighted by Gasteiger charge is -2.10. The first-order valence-electron chi connectivity index (χ1n) is 7.12. The summed E-state index contributed by atoms with van der Waals surface area (Å²) in [5.74, 6) is -0.176. The lowest BCUT2D eigenvalue weighted by molar-refractivity contribution is 0.0619. The van der Waals surface area contributed by atoms with Crippen molar-refractivity contribution < 1.29 is 13.9 Å². The van der Waals surface area contributed by atoms with Crippen molar-refractivity contribution in [3.63, 3.8) is 0 Å². The van der Waals surface area contributed by atoms with Crippen LogP contribution in [0.25, 0.3) is 10.1 Å². The summed E-state index contributed by atoms with van der Waals surface area (Å²) in [6.07, 6.45) is 0. The van der Waals surface area contributed by atoms with Crippen LogP contribution < -0.4 is 5.32 Å². The van der Waals surface area contributed by atoms with E-state index in [1.807, 2.05) is 6.07 Å². The van der Waals surface area contributed by atoms with Crippen molar-refractivity contribution in [1.29, 1.82) is 0 Å². The van der Waals surface area contributed by atoms with Gasteiger partial charge < -0.3 is 14.8 Å². The van der Waals surface area contributed by atoms with Crippen LogP contribution in [0.3, 0.4) is 0 Å². The van der Waals surface area contributed by atoms with Gasteiger partial charge in [-0.05, 0) is 12.1 Å². The average Bonchev–Trinajstić information content (AvgIpc) is 2.80. The molecule has 1 N–H and O–H groups in total. The highest BCUT2D eigenvalue weighted by molar-refractivity contribution is 7.19. The molecule has 0 saturated heterocycles. The maximum Gasteiger partial charge on any atom is 0.132 e. The second-order valence-corrected chi connectivity index (χ2v) is 6.33. The quantitative estimate of drug-likeness (QED) is 0.754. The van der Waals surface area contributed by atoms with Gasteiger partial charge in [0, 0.05) is 40.2 Å². The SMILES string of the molecule is COCCOCc1c(CNC(C)C)sc2cccc(F)c12. The molecule has 3 nitrogen and oxygen atoms in total. The number of benzene rings is 1. The van der Waals surface area contributed by atoms with E-state index >= 15 is 0 Å². The van der Waals surface area contributed by atoms with Crippen LogP contribution in [0.2, 0.25) is 0 Å². The maximum atomic E-state index is 14.1. The fourth-order valence-electron chi connectivity index (χ4n) is 2.12. The lowest BCUT2D eigenvalue weighted by Crippen LogP contribution is -2.21. The summed E-state index contributed by atoms with van der Waals surface area (Å²) in [5.41, 5.74) is 0.956. The minimum Gasteiger partial charge on any atom is -0.382 e. The molecular weight excluding hydrogens is 289 g/mol. The van der Waals surface area contributed by atoms with Crippen LogP contribution in [-0.2, 0) is 22.6 Å². The van der Waals surface area contributed by atoms with Crippen LogP contribution in [0.1, 0.15) is 24.3 Å². The van der Waals surface area contributed by atoms with Crippen LogP contribution in [0.4, 0.5) is 4.39 Å². The van der Waals surface area contributed by atoms with Gasteiger partial charge in [-0.2, -0.15) is 0 Å². The van der Waals surface area contributed by atoms with E-state index in [1.54, 1.807) is 24.5 Å². The Morgan fingerprint density at radius 2 is 2.10 bits per heavy atom. The summed E-state index contributed by atoms with van der Waals surface area (Å²) >= 11 is 1.63. The van der Waals surface area contributed by atoms with Crippen molar-refractivity contribution in [2.75, 3.05) is 20.3 Å². The molecule has 0 fully saturated rings. The van der Waals surface area contributed by atoms with Gasteiger partial charge in [-0.25, -0.2) is 4.39 Å². The molecule has 0 amide bonds. The second kappa shape index (κ2) is 7.84. The van der Waals surface area contributed by atoms with E-state index in [4.69, 9.17) is 9.47 Å². The number of halogens is 1. The topological polar surface area (TPSA) is 30.5 Å². The number of ether oxygens (including phenoxy) is 2. The highest BCUT2D eigenvalue weighted by Gasteiger charge is 2.15. The van der Waals surface area contributed by atoms with Crippen molar-refractivity contribution in [1.82, 2.24) is 5.32 Å². The molecule has 0 aliphatic carbocycles. The molecule has 0 saturated carbocycles. The monoisotopic (exact) mass is 311 g/mol. The predicted molar refractivity (Wildman–Crippen MR) is 85.3 cm³/mol. The highest BCUT2D eigenvalue weighted by atomic mass is 32.1. The summed E-state index contributed by atoms with van der Waals surface area (Å²) in [4.78, 5) is 1.14. The number of methoxy groups -OCH3 is 1. The Balaban J connectivity index is 2.25. The normalized spacial score (nSPS) is 11.7. The van der Waals surface area contributed by atoms with Gasteiger partial charge in [-0.1, -0.05) is 19.9 Å². The Kier molecular flexibility index (Phi) is 6.11. The summed E-state index contributed by atoms with van der Waals surface area (Å²) in [7, 11) is 1.64. The third kappa shape index (κ3) is 4.23. The van der Waals surface area contributed by atoms with Crippen LogP contribution in [0, 0.1) is 5.82 Å². The highest BCUT2D eigenvalue weighted by Crippen LogP contribution is 2.33. The number of fused-ring (bicyclic) bond motifs is 1. The third-order valence-electron chi connectivity index (χ3n) is 3.20. The molecule has 0 atom stereocenters. The summed E-state index contributed by atoms with van der Waals surface area (Å²) in [6.45, 7) is 6.41. The van der Waals surface area contributed by atoms with E-state index in [9.17, 15) is 4.39 Å². The van der Waals surface area contributed by atoms with Crippen LogP contribution in [-0.4, -0.2) is 26.4 Å². The fraction of sp³-hybridized carbons (Fsp3) is 0.500. The smallest absolute Gasteiger partial charge is 0.132 e. The van der Waals surface area contributed by atoms with Gasteiger partial charge in [0.25, 0.3) is 0 Å². The van der Waals surface area contributed by atoms with Crippen LogP contribution >= 0.6 is 11.3 Å². The molecule has 1 aromatic heterocycles. The second-order valence-electron chi connectivity index (χ2n) is 5.20. The molecular formula is C16H22FNO2S. The van der Waals surface area contributed by atoms with Gasteiger partial charge in [0.05, 0.1) is 19.8 Å². The number of hydrogen-bond acceptors (Lipinski definition) is 4. The Morgan fingerprint density at radius 3 is 2.81 bits per heavy atom. The van der Waals surface area contributed by atoms with Gasteiger partial charge in [0.15, 0.2) is 0 Å². The van der Waals surface area contributed by atoms with Gasteiger partial charge in [0.1, 0.15) is 5.82 Å². The molecule has 1 aromatic carbocycles. The van der Waals surface area contributed by atoms with Crippen molar-refractivity contribution in [3.8, 4) is 0 Å². The Bertz CT molecular complexity index is 583. The van der Waals surface area contributed by atoms with E-state index in [-0.39, 0.29) is 5.82 Å². The zero-order valence-electron chi connectivity index (χ0n) is 12.7. The molecule has 0 unspecified atom stereocenters. The molecule has 0 bridgehead atoms. The number of hydrogen-bond donors (Lipinski definition) is 1. The zero-order valence-corrected chi connectivity index (χ0v) is 13.6. The first kappa shape index (κ1) is 16.4. The first-order valence-corrected chi connectivity index (χ1v) is 7.94. The van der Waals surface area contributed by atoms with E-state index < -0.39 is 0 Å². The van der Waals surface area contributed by atoms with Crippen molar-refractivity contribution in [2.45, 2.75) is 33.0 Å². The molecule has 0 radical (unpaired) electrons. The molecule has 2 aromatic rings. The molecule has 116 valence electrons. The van der Waals surface area contributed by atoms with Gasteiger partial charge >= 0.3 is 0 Å². The Labute approximate surface area is 129 Å². The average molecular weight is 311 g/mol. The van der Waals surface area contributed by atoms with Crippen LogP contribution in [0.15, 0.2) is 18.2 Å². The molecule has 0 aliphatic rings. The van der Waals surface area contributed by atoms with Gasteiger partial charge in [-0.3, -0.25) is 0 Å². The molecule has 2 rings (SSSR count). The van der Waals surface area contributed by atoms with E-state index in [1.165, 1.54) is 6.07 Å². The fourth-order valence-corrected chi connectivity index (χ4v) is 3.30. The zero-order chi connectivity index (χ0) is 15.2. The number of thiophene rings is 1. The standard InChI is InChI=1S/C16H22FNO2S/c1-11(2)18-9-15-12(10-20-8-7-19-3)16-13(17)5-4-6-14(16)21-15/h4-6,11,18H,7-10H2,1-3H3. The molecule has 21 heavy (non-hydrogen) atoms. The molecule has 0 spiro atoms. The predicted octanol–water partition coefficient (Wildman–Crippen LogP) is 3.70. The summed E-state index contributed by atoms with van der Waals surface area (Å²) < 4.78 is 25.7. The molecule has 0 aliphatic heterocycles. The van der Waals surface area contributed by atoms with E-state index in [0.29, 0.717) is 31.2 Å². The maximum absolute atomic E-state index is 14.1. The largest absolute Gasteiger partial charge is 0.382 e. The first-order chi connectivity index (χ1) is 10.1.